The maximum atomic E-state index is 12.4. The number of amides is 2. The van der Waals surface area contributed by atoms with Crippen LogP contribution in [0.4, 0.5) is 10.5 Å². The van der Waals surface area contributed by atoms with Gasteiger partial charge in [-0.05, 0) is 77.9 Å². The number of hydrogen-bond donors (Lipinski definition) is 2. The third kappa shape index (κ3) is 5.64. The van der Waals surface area contributed by atoms with E-state index in [1.807, 2.05) is 20.8 Å². The number of piperidine rings is 1. The Morgan fingerprint density at radius 2 is 2.00 bits per heavy atom. The van der Waals surface area contributed by atoms with Crippen molar-refractivity contribution in [3.05, 3.63) is 23.8 Å². The average Bonchev–Trinajstić information content (AvgIpc) is 2.56. The van der Waals surface area contributed by atoms with Gasteiger partial charge in [0.05, 0.1) is 23.4 Å². The molecule has 1 atom stereocenters. The van der Waals surface area contributed by atoms with Crippen LogP contribution < -0.4 is 15.4 Å². The predicted octanol–water partition coefficient (Wildman–Crippen LogP) is 3.20. The lowest BCUT2D eigenvalue weighted by Gasteiger charge is -2.33. The van der Waals surface area contributed by atoms with Crippen LogP contribution in [0.15, 0.2) is 18.2 Å². The van der Waals surface area contributed by atoms with Crippen LogP contribution in [0.2, 0.25) is 0 Å². The molecule has 25 heavy (non-hydrogen) atoms. The van der Waals surface area contributed by atoms with E-state index >= 15 is 0 Å². The first-order valence-electron chi connectivity index (χ1n) is 8.86. The Balaban J connectivity index is 2.00. The molecule has 2 amide bonds. The van der Waals surface area contributed by atoms with Gasteiger partial charge in [-0.25, -0.2) is 4.79 Å². The first kappa shape index (κ1) is 19.1. The van der Waals surface area contributed by atoms with Crippen LogP contribution in [0.25, 0.3) is 0 Å². The van der Waals surface area contributed by atoms with Gasteiger partial charge in [0.1, 0.15) is 5.75 Å². The molecule has 0 aliphatic carbocycles. The summed E-state index contributed by atoms with van der Waals surface area (Å²) in [4.78, 5) is 14.7. The minimum atomic E-state index is -0.268. The van der Waals surface area contributed by atoms with E-state index < -0.39 is 0 Å². The highest BCUT2D eigenvalue weighted by Crippen LogP contribution is 2.27. The predicted molar refractivity (Wildman–Crippen MR) is 98.8 cm³/mol. The molecule has 6 nitrogen and oxygen atoms in total. The molecule has 136 valence electrons. The smallest absolute Gasteiger partial charge is 0.319 e. The molecule has 6 heteroatoms. The van der Waals surface area contributed by atoms with Crippen molar-refractivity contribution in [1.29, 1.82) is 5.26 Å². The van der Waals surface area contributed by atoms with Crippen molar-refractivity contribution in [3.8, 4) is 11.8 Å². The summed E-state index contributed by atoms with van der Waals surface area (Å²) in [5.74, 6) is 1.05. The molecule has 2 rings (SSSR count). The average molecular weight is 344 g/mol. The number of carbonyl (C=O) groups is 1. The summed E-state index contributed by atoms with van der Waals surface area (Å²) in [6.07, 6.45) is 2.15. The van der Waals surface area contributed by atoms with Crippen LogP contribution in [0.5, 0.6) is 5.75 Å². The summed E-state index contributed by atoms with van der Waals surface area (Å²) in [7, 11) is 2.12. The van der Waals surface area contributed by atoms with Gasteiger partial charge in [0.2, 0.25) is 0 Å². The second kappa shape index (κ2) is 8.72. The van der Waals surface area contributed by atoms with E-state index in [0.717, 1.165) is 25.9 Å². The summed E-state index contributed by atoms with van der Waals surface area (Å²) >= 11 is 0. The summed E-state index contributed by atoms with van der Waals surface area (Å²) in [6.45, 7) is 8.02. The molecule has 1 aliphatic heterocycles. The van der Waals surface area contributed by atoms with Crippen LogP contribution >= 0.6 is 0 Å². The molecular formula is C19H28N4O2. The zero-order valence-electron chi connectivity index (χ0n) is 15.5. The molecule has 1 aliphatic rings. The third-order valence-corrected chi connectivity index (χ3v) is 4.55. The topological polar surface area (TPSA) is 77.4 Å². The zero-order valence-corrected chi connectivity index (χ0v) is 15.5. The van der Waals surface area contributed by atoms with E-state index in [0.29, 0.717) is 22.9 Å². The normalized spacial score (nSPS) is 17.0. The molecule has 1 fully saturated rings. The Labute approximate surface area is 150 Å². The molecule has 2 N–H and O–H groups in total. The molecular weight excluding hydrogens is 316 g/mol. The molecule has 0 radical (unpaired) electrons. The van der Waals surface area contributed by atoms with E-state index in [1.165, 1.54) is 0 Å². The second-order valence-corrected chi connectivity index (χ2v) is 7.02. The van der Waals surface area contributed by atoms with Gasteiger partial charge in [-0.2, -0.15) is 5.26 Å². The minimum absolute atomic E-state index is 0.0188. The van der Waals surface area contributed by atoms with Crippen LogP contribution in [-0.4, -0.2) is 43.2 Å². The Morgan fingerprint density at radius 3 is 2.60 bits per heavy atom. The van der Waals surface area contributed by atoms with Crippen LogP contribution in [0.3, 0.4) is 0 Å². The number of ether oxygens (including phenoxy) is 1. The third-order valence-electron chi connectivity index (χ3n) is 4.55. The number of benzene rings is 1. The number of nitrogens with zero attached hydrogens (tertiary/aromatic N) is 2. The Bertz CT molecular complexity index is 631. The van der Waals surface area contributed by atoms with E-state index in [2.05, 4.69) is 28.7 Å². The highest BCUT2D eigenvalue weighted by molar-refractivity contribution is 5.91. The van der Waals surface area contributed by atoms with E-state index in [9.17, 15) is 4.79 Å². The van der Waals surface area contributed by atoms with Gasteiger partial charge in [-0.3, -0.25) is 0 Å². The lowest BCUT2D eigenvalue weighted by molar-refractivity contribution is 0.189. The maximum absolute atomic E-state index is 12.4. The van der Waals surface area contributed by atoms with Crippen molar-refractivity contribution in [2.75, 3.05) is 25.5 Å². The lowest BCUT2D eigenvalue weighted by atomic mass is 9.91. The summed E-state index contributed by atoms with van der Waals surface area (Å²) in [6, 6.07) is 6.95. The zero-order chi connectivity index (χ0) is 18.4. The molecule has 1 aromatic rings. The first-order chi connectivity index (χ1) is 11.9. The van der Waals surface area contributed by atoms with Gasteiger partial charge < -0.3 is 20.3 Å². The number of nitriles is 1. The van der Waals surface area contributed by atoms with Crippen LogP contribution in [-0.2, 0) is 0 Å². The fourth-order valence-electron chi connectivity index (χ4n) is 3.07. The van der Waals surface area contributed by atoms with Gasteiger partial charge in [-0.1, -0.05) is 0 Å². The van der Waals surface area contributed by atoms with Crippen molar-refractivity contribution < 1.29 is 9.53 Å². The van der Waals surface area contributed by atoms with Gasteiger partial charge in [-0.15, -0.1) is 0 Å². The van der Waals surface area contributed by atoms with Crippen molar-refractivity contribution in [2.24, 2.45) is 5.92 Å². The van der Waals surface area contributed by atoms with E-state index in [1.54, 1.807) is 18.2 Å². The van der Waals surface area contributed by atoms with Crippen molar-refractivity contribution in [3.63, 3.8) is 0 Å². The second-order valence-electron chi connectivity index (χ2n) is 7.02. The molecule has 0 unspecified atom stereocenters. The van der Waals surface area contributed by atoms with Crippen molar-refractivity contribution >= 4 is 11.7 Å². The van der Waals surface area contributed by atoms with Gasteiger partial charge in [0, 0.05) is 6.04 Å². The maximum Gasteiger partial charge on any atom is 0.319 e. The SMILES string of the molecule is CC(C)Oc1ccc(C#N)cc1NC(=O)N[C@H](C)C1CCN(C)CC1. The molecule has 0 saturated carbocycles. The van der Waals surface area contributed by atoms with Crippen molar-refractivity contribution in [2.45, 2.75) is 45.8 Å². The van der Waals surface area contributed by atoms with Crippen LogP contribution in [0, 0.1) is 17.2 Å². The molecule has 0 aromatic heterocycles. The molecule has 1 aromatic carbocycles. The number of urea groups is 1. The van der Waals surface area contributed by atoms with E-state index in [-0.39, 0.29) is 18.2 Å². The largest absolute Gasteiger partial charge is 0.489 e. The minimum Gasteiger partial charge on any atom is -0.489 e. The fourth-order valence-corrected chi connectivity index (χ4v) is 3.07. The van der Waals surface area contributed by atoms with E-state index in [4.69, 9.17) is 10.00 Å². The number of anilines is 1. The molecule has 0 bridgehead atoms. The summed E-state index contributed by atoms with van der Waals surface area (Å²) in [5, 5.41) is 14.9. The quantitative estimate of drug-likeness (QED) is 0.860. The Kier molecular flexibility index (Phi) is 6.65. The molecule has 1 heterocycles. The van der Waals surface area contributed by atoms with Gasteiger partial charge >= 0.3 is 6.03 Å². The number of hydrogen-bond acceptors (Lipinski definition) is 4. The number of likely N-dealkylation sites (tertiary alicyclic amines) is 1. The first-order valence-corrected chi connectivity index (χ1v) is 8.86. The van der Waals surface area contributed by atoms with Crippen LogP contribution in [0.1, 0.15) is 39.2 Å². The lowest BCUT2D eigenvalue weighted by Crippen LogP contribution is -2.44. The fraction of sp³-hybridized carbons (Fsp3) is 0.579. The Morgan fingerprint density at radius 1 is 1.32 bits per heavy atom. The monoisotopic (exact) mass is 344 g/mol. The highest BCUT2D eigenvalue weighted by atomic mass is 16.5. The number of carbonyl (C=O) groups excluding carboxylic acids is 1. The van der Waals surface area contributed by atoms with Gasteiger partial charge in [0.25, 0.3) is 0 Å². The molecule has 1 saturated heterocycles. The standard InChI is InChI=1S/C19H28N4O2/c1-13(2)25-18-6-5-15(12-20)11-17(18)22-19(24)21-14(3)16-7-9-23(4)10-8-16/h5-6,11,13-14,16H,7-10H2,1-4H3,(H2,21,22,24)/t14-/m1/s1. The summed E-state index contributed by atoms with van der Waals surface area (Å²) < 4.78 is 5.72. The summed E-state index contributed by atoms with van der Waals surface area (Å²) in [5.41, 5.74) is 0.996. The highest BCUT2D eigenvalue weighted by Gasteiger charge is 2.23. The molecule has 0 spiro atoms. The number of rotatable bonds is 5. The van der Waals surface area contributed by atoms with Crippen molar-refractivity contribution in [1.82, 2.24) is 10.2 Å². The number of nitrogens with one attached hydrogen (secondary N) is 2. The Hall–Kier alpha value is -2.26. The van der Waals surface area contributed by atoms with Gasteiger partial charge in [0.15, 0.2) is 0 Å².